The molecule has 3 nitrogen and oxygen atoms in total. The van der Waals surface area contributed by atoms with E-state index in [4.69, 9.17) is 4.74 Å². The molecular weight excluding hydrogens is 228 g/mol. The fourth-order valence-corrected chi connectivity index (χ4v) is 3.27. The fraction of sp³-hybridized carbons (Fsp3) is 0.867. The van der Waals surface area contributed by atoms with Gasteiger partial charge < -0.3 is 9.53 Å². The van der Waals surface area contributed by atoms with Crippen molar-refractivity contribution in [3.63, 3.8) is 0 Å². The summed E-state index contributed by atoms with van der Waals surface area (Å²) in [6.07, 6.45) is 4.39. The number of esters is 1. The Kier molecular flexibility index (Phi) is 5.36. The van der Waals surface area contributed by atoms with E-state index >= 15 is 0 Å². The quantitative estimate of drug-likeness (QED) is 0.559. The molecule has 18 heavy (non-hydrogen) atoms. The molecule has 0 N–H and O–H groups in total. The Hall–Kier alpha value is -0.860. The molecular formula is C15H26O3. The molecule has 104 valence electrons. The van der Waals surface area contributed by atoms with Crippen molar-refractivity contribution in [2.75, 3.05) is 6.61 Å². The van der Waals surface area contributed by atoms with Gasteiger partial charge in [-0.05, 0) is 43.4 Å². The lowest BCUT2D eigenvalue weighted by Crippen LogP contribution is -2.38. The van der Waals surface area contributed by atoms with Crippen LogP contribution in [0.5, 0.6) is 0 Å². The minimum absolute atomic E-state index is 0.0251. The van der Waals surface area contributed by atoms with Crippen molar-refractivity contribution in [1.29, 1.82) is 0 Å². The predicted octanol–water partition coefficient (Wildman–Crippen LogP) is 3.22. The lowest BCUT2D eigenvalue weighted by atomic mass is 9.61. The van der Waals surface area contributed by atoms with Crippen molar-refractivity contribution in [3.8, 4) is 0 Å². The molecule has 0 aromatic rings. The van der Waals surface area contributed by atoms with Crippen LogP contribution >= 0.6 is 0 Å². The second-order valence-corrected chi connectivity index (χ2v) is 6.20. The van der Waals surface area contributed by atoms with Gasteiger partial charge in [-0.25, -0.2) is 0 Å². The van der Waals surface area contributed by atoms with E-state index < -0.39 is 0 Å². The first-order valence-corrected chi connectivity index (χ1v) is 7.02. The normalized spacial score (nSPS) is 28.4. The van der Waals surface area contributed by atoms with Crippen LogP contribution in [0.2, 0.25) is 0 Å². The molecule has 0 aromatic carbocycles. The van der Waals surface area contributed by atoms with E-state index in [0.717, 1.165) is 25.5 Å². The summed E-state index contributed by atoms with van der Waals surface area (Å²) in [6.45, 7) is 8.92. The van der Waals surface area contributed by atoms with Crippen LogP contribution in [0.25, 0.3) is 0 Å². The fourth-order valence-electron chi connectivity index (χ4n) is 3.27. The number of hydrogen-bond donors (Lipinski definition) is 0. The van der Waals surface area contributed by atoms with Crippen molar-refractivity contribution in [2.24, 2.45) is 23.2 Å². The molecule has 1 fully saturated rings. The first kappa shape index (κ1) is 15.2. The maximum absolute atomic E-state index is 11.8. The number of ether oxygens (including phenoxy) is 1. The van der Waals surface area contributed by atoms with Crippen LogP contribution in [-0.2, 0) is 14.3 Å². The van der Waals surface area contributed by atoms with Gasteiger partial charge in [0.1, 0.15) is 6.29 Å². The molecule has 0 aliphatic heterocycles. The van der Waals surface area contributed by atoms with Crippen molar-refractivity contribution < 1.29 is 14.3 Å². The third-order valence-electron chi connectivity index (χ3n) is 4.45. The van der Waals surface area contributed by atoms with Gasteiger partial charge in [-0.2, -0.15) is 0 Å². The largest absolute Gasteiger partial charge is 0.466 e. The van der Waals surface area contributed by atoms with Crippen molar-refractivity contribution in [1.82, 2.24) is 0 Å². The first-order valence-electron chi connectivity index (χ1n) is 7.02. The third kappa shape index (κ3) is 3.56. The van der Waals surface area contributed by atoms with E-state index in [9.17, 15) is 9.59 Å². The molecule has 0 saturated heterocycles. The Morgan fingerprint density at radius 2 is 2.17 bits per heavy atom. The molecule has 0 spiro atoms. The lowest BCUT2D eigenvalue weighted by Gasteiger charge is -2.44. The average Bonchev–Trinajstić information content (AvgIpc) is 2.29. The zero-order valence-electron chi connectivity index (χ0n) is 12.1. The summed E-state index contributed by atoms with van der Waals surface area (Å²) in [5.74, 6) is 0.731. The summed E-state index contributed by atoms with van der Waals surface area (Å²) in [7, 11) is 0. The molecule has 0 aromatic heterocycles. The van der Waals surface area contributed by atoms with E-state index in [1.807, 2.05) is 6.92 Å². The highest BCUT2D eigenvalue weighted by atomic mass is 16.5. The lowest BCUT2D eigenvalue weighted by molar-refractivity contribution is -0.151. The van der Waals surface area contributed by atoms with Crippen molar-refractivity contribution in [3.05, 3.63) is 0 Å². The van der Waals surface area contributed by atoms with E-state index in [0.29, 0.717) is 24.9 Å². The second kappa shape index (κ2) is 6.35. The topological polar surface area (TPSA) is 43.4 Å². The minimum Gasteiger partial charge on any atom is -0.466 e. The van der Waals surface area contributed by atoms with Gasteiger partial charge >= 0.3 is 5.97 Å². The van der Waals surface area contributed by atoms with Gasteiger partial charge in [-0.15, -0.1) is 0 Å². The Morgan fingerprint density at radius 1 is 1.50 bits per heavy atom. The Balaban J connectivity index is 2.72. The Bertz CT molecular complexity index is 296. The van der Waals surface area contributed by atoms with Crippen LogP contribution < -0.4 is 0 Å². The molecule has 0 amide bonds. The number of carbonyl (C=O) groups is 2. The van der Waals surface area contributed by atoms with Crippen LogP contribution in [0.15, 0.2) is 0 Å². The maximum atomic E-state index is 11.8. The van der Waals surface area contributed by atoms with Gasteiger partial charge in [0.25, 0.3) is 0 Å². The molecule has 1 saturated carbocycles. The Morgan fingerprint density at radius 3 is 2.72 bits per heavy atom. The third-order valence-corrected chi connectivity index (χ3v) is 4.45. The molecule has 0 unspecified atom stereocenters. The molecule has 1 aliphatic carbocycles. The van der Waals surface area contributed by atoms with Crippen LogP contribution in [0.1, 0.15) is 53.4 Å². The zero-order chi connectivity index (χ0) is 13.8. The van der Waals surface area contributed by atoms with Crippen LogP contribution in [0, 0.1) is 23.2 Å². The molecule has 1 rings (SSSR count). The van der Waals surface area contributed by atoms with E-state index in [1.54, 1.807) is 0 Å². The summed E-state index contributed by atoms with van der Waals surface area (Å²) < 4.78 is 5.13. The highest BCUT2D eigenvalue weighted by molar-refractivity contribution is 5.72. The number of carbonyl (C=O) groups excluding carboxylic acids is 2. The van der Waals surface area contributed by atoms with Gasteiger partial charge in [0.2, 0.25) is 0 Å². The molecule has 3 heteroatoms. The van der Waals surface area contributed by atoms with Crippen molar-refractivity contribution in [2.45, 2.75) is 53.4 Å². The van der Waals surface area contributed by atoms with E-state index in [2.05, 4.69) is 20.8 Å². The monoisotopic (exact) mass is 254 g/mol. The summed E-state index contributed by atoms with van der Waals surface area (Å²) >= 11 is 0. The van der Waals surface area contributed by atoms with Gasteiger partial charge in [-0.1, -0.05) is 20.8 Å². The molecule has 1 aliphatic rings. The SMILES string of the molecule is CCOC(=O)[C@@H]1CCC(C)(C)[C@@H]([C@H](C)CC=O)C1. The standard InChI is InChI=1S/C15H26O3/c1-5-18-14(17)12-6-8-15(3,4)13(10-12)11(2)7-9-16/h9,11-13H,5-8,10H2,1-4H3/t11-,12-,13-/m1/s1. The molecule has 3 atom stereocenters. The highest BCUT2D eigenvalue weighted by Crippen LogP contribution is 2.47. The first-order chi connectivity index (χ1) is 8.42. The zero-order valence-corrected chi connectivity index (χ0v) is 12.1. The summed E-state index contributed by atoms with van der Waals surface area (Å²) in [5.41, 5.74) is 0.214. The van der Waals surface area contributed by atoms with Gasteiger partial charge in [0, 0.05) is 6.42 Å². The Labute approximate surface area is 110 Å². The smallest absolute Gasteiger partial charge is 0.308 e. The van der Waals surface area contributed by atoms with Crippen LogP contribution in [-0.4, -0.2) is 18.9 Å². The maximum Gasteiger partial charge on any atom is 0.308 e. The predicted molar refractivity (Wildman–Crippen MR) is 71.1 cm³/mol. The molecule has 0 radical (unpaired) electrons. The number of hydrogen-bond acceptors (Lipinski definition) is 3. The molecule has 0 bridgehead atoms. The average molecular weight is 254 g/mol. The number of rotatable bonds is 5. The van der Waals surface area contributed by atoms with E-state index in [-0.39, 0.29) is 17.3 Å². The number of aldehydes is 1. The van der Waals surface area contributed by atoms with Gasteiger partial charge in [0.15, 0.2) is 0 Å². The van der Waals surface area contributed by atoms with Crippen LogP contribution in [0.4, 0.5) is 0 Å². The van der Waals surface area contributed by atoms with Gasteiger partial charge in [0.05, 0.1) is 12.5 Å². The second-order valence-electron chi connectivity index (χ2n) is 6.20. The molecule has 0 heterocycles. The van der Waals surface area contributed by atoms with Gasteiger partial charge in [-0.3, -0.25) is 4.79 Å². The highest BCUT2D eigenvalue weighted by Gasteiger charge is 2.41. The summed E-state index contributed by atoms with van der Waals surface area (Å²) in [5, 5.41) is 0. The van der Waals surface area contributed by atoms with Crippen molar-refractivity contribution >= 4 is 12.3 Å². The summed E-state index contributed by atoms with van der Waals surface area (Å²) in [4.78, 5) is 22.5. The van der Waals surface area contributed by atoms with Crippen LogP contribution in [0.3, 0.4) is 0 Å². The minimum atomic E-state index is -0.0590. The van der Waals surface area contributed by atoms with E-state index in [1.165, 1.54) is 0 Å². The summed E-state index contributed by atoms with van der Waals surface area (Å²) in [6, 6.07) is 0.